The first-order valence-corrected chi connectivity index (χ1v) is 6.44. The van der Waals surface area contributed by atoms with Crippen molar-refractivity contribution in [2.24, 2.45) is 7.05 Å². The van der Waals surface area contributed by atoms with Gasteiger partial charge in [-0.05, 0) is 18.2 Å². The highest BCUT2D eigenvalue weighted by atomic mass is 15.3. The number of nitrogen functional groups attached to an aromatic ring is 1. The van der Waals surface area contributed by atoms with E-state index in [-0.39, 0.29) is 0 Å². The van der Waals surface area contributed by atoms with Crippen LogP contribution in [0.25, 0.3) is 11.4 Å². The number of benzene rings is 1. The lowest BCUT2D eigenvalue weighted by molar-refractivity contribution is 0.586. The molecule has 0 amide bonds. The van der Waals surface area contributed by atoms with Crippen LogP contribution in [0.2, 0.25) is 0 Å². The Kier molecular flexibility index (Phi) is 3.20. The first kappa shape index (κ1) is 12.4. The number of hydrogen-bond donors (Lipinski definition) is 1. The third kappa shape index (κ3) is 2.54. The maximum absolute atomic E-state index is 5.77. The van der Waals surface area contributed by atoms with Crippen molar-refractivity contribution < 1.29 is 0 Å². The van der Waals surface area contributed by atoms with Gasteiger partial charge in [-0.2, -0.15) is 10.2 Å². The molecule has 3 rings (SSSR count). The molecule has 6 nitrogen and oxygen atoms in total. The van der Waals surface area contributed by atoms with E-state index in [0.717, 1.165) is 18.5 Å². The topological polar surface area (TPSA) is 74.5 Å². The fourth-order valence-electron chi connectivity index (χ4n) is 2.09. The molecule has 0 saturated heterocycles. The van der Waals surface area contributed by atoms with Gasteiger partial charge in [-0.25, -0.2) is 4.98 Å². The molecule has 1 aromatic carbocycles. The summed E-state index contributed by atoms with van der Waals surface area (Å²) < 4.78 is 3.71. The lowest BCUT2D eigenvalue weighted by Crippen LogP contribution is -2.06. The van der Waals surface area contributed by atoms with Crippen LogP contribution in [0.15, 0.2) is 42.9 Å². The zero-order valence-electron chi connectivity index (χ0n) is 11.3. The molecule has 2 heterocycles. The van der Waals surface area contributed by atoms with Crippen LogP contribution in [0.5, 0.6) is 0 Å². The van der Waals surface area contributed by atoms with Crippen LogP contribution < -0.4 is 5.73 Å². The van der Waals surface area contributed by atoms with Gasteiger partial charge in [-0.15, -0.1) is 0 Å². The van der Waals surface area contributed by atoms with Gasteiger partial charge in [0.05, 0.1) is 0 Å². The smallest absolute Gasteiger partial charge is 0.181 e. The van der Waals surface area contributed by atoms with E-state index >= 15 is 0 Å². The predicted octanol–water partition coefficient (Wildman–Crippen LogP) is 1.50. The van der Waals surface area contributed by atoms with Crippen molar-refractivity contribution in [3.05, 3.63) is 48.5 Å². The van der Waals surface area contributed by atoms with E-state index in [1.807, 2.05) is 46.7 Å². The molecule has 20 heavy (non-hydrogen) atoms. The Hall–Kier alpha value is -2.63. The maximum atomic E-state index is 5.77. The van der Waals surface area contributed by atoms with E-state index in [4.69, 9.17) is 5.73 Å². The van der Waals surface area contributed by atoms with Crippen molar-refractivity contribution in [3.8, 4) is 11.4 Å². The molecule has 0 radical (unpaired) electrons. The number of nitrogens with two attached hydrogens (primary N) is 1. The van der Waals surface area contributed by atoms with E-state index in [1.165, 1.54) is 5.69 Å². The first-order valence-electron chi connectivity index (χ1n) is 6.44. The molecule has 0 aliphatic carbocycles. The summed E-state index contributed by atoms with van der Waals surface area (Å²) in [5.41, 5.74) is 8.59. The van der Waals surface area contributed by atoms with Gasteiger partial charge < -0.3 is 5.73 Å². The monoisotopic (exact) mass is 268 g/mol. The molecule has 0 saturated carbocycles. The van der Waals surface area contributed by atoms with Crippen LogP contribution in [-0.2, 0) is 20.0 Å². The van der Waals surface area contributed by atoms with Crippen molar-refractivity contribution in [1.29, 1.82) is 0 Å². The number of hydrogen-bond acceptors (Lipinski definition) is 4. The molecule has 2 N–H and O–H groups in total. The van der Waals surface area contributed by atoms with Crippen molar-refractivity contribution in [2.45, 2.75) is 13.0 Å². The van der Waals surface area contributed by atoms with E-state index in [0.29, 0.717) is 11.5 Å². The van der Waals surface area contributed by atoms with E-state index in [1.54, 1.807) is 12.5 Å². The zero-order valence-corrected chi connectivity index (χ0v) is 11.3. The first-order chi connectivity index (χ1) is 9.72. The SMILES string of the molecule is Cn1nccc1CCn1cnc(-c2cccc(N)c2)n1. The summed E-state index contributed by atoms with van der Waals surface area (Å²) in [7, 11) is 1.94. The van der Waals surface area contributed by atoms with Crippen LogP contribution in [0, 0.1) is 0 Å². The number of aromatic nitrogens is 5. The Morgan fingerprint density at radius 3 is 2.90 bits per heavy atom. The average molecular weight is 268 g/mol. The van der Waals surface area contributed by atoms with Gasteiger partial charge in [0, 0.05) is 43.2 Å². The molecule has 102 valence electrons. The zero-order chi connectivity index (χ0) is 13.9. The lowest BCUT2D eigenvalue weighted by Gasteiger charge is -2.01. The molecule has 2 aromatic heterocycles. The maximum Gasteiger partial charge on any atom is 0.181 e. The highest BCUT2D eigenvalue weighted by Gasteiger charge is 2.05. The Balaban J connectivity index is 1.72. The minimum Gasteiger partial charge on any atom is -0.399 e. The second-order valence-corrected chi connectivity index (χ2v) is 4.65. The molecule has 6 heteroatoms. The Morgan fingerprint density at radius 2 is 2.15 bits per heavy atom. The quantitative estimate of drug-likeness (QED) is 0.728. The van der Waals surface area contributed by atoms with Crippen molar-refractivity contribution in [1.82, 2.24) is 24.5 Å². The summed E-state index contributed by atoms with van der Waals surface area (Å²) in [4.78, 5) is 4.32. The van der Waals surface area contributed by atoms with Gasteiger partial charge in [-0.1, -0.05) is 12.1 Å². The number of aryl methyl sites for hydroxylation is 3. The molecule has 0 aliphatic rings. The van der Waals surface area contributed by atoms with Crippen LogP contribution in [0.3, 0.4) is 0 Å². The standard InChI is InChI=1S/C14H16N6/c1-19-13(5-7-17-19)6-8-20-10-16-14(18-20)11-3-2-4-12(15)9-11/h2-5,7,9-10H,6,8,15H2,1H3. The summed E-state index contributed by atoms with van der Waals surface area (Å²) in [5.74, 6) is 0.697. The van der Waals surface area contributed by atoms with E-state index in [9.17, 15) is 0 Å². The number of nitrogens with zero attached hydrogens (tertiary/aromatic N) is 5. The molecular weight excluding hydrogens is 252 g/mol. The molecule has 0 unspecified atom stereocenters. The average Bonchev–Trinajstić information content (AvgIpc) is 3.05. The summed E-state index contributed by atoms with van der Waals surface area (Å²) in [5, 5.41) is 8.62. The fraction of sp³-hybridized carbons (Fsp3) is 0.214. The van der Waals surface area contributed by atoms with Crippen molar-refractivity contribution in [3.63, 3.8) is 0 Å². The number of rotatable bonds is 4. The van der Waals surface area contributed by atoms with Crippen LogP contribution >= 0.6 is 0 Å². The minimum atomic E-state index is 0.697. The van der Waals surface area contributed by atoms with Gasteiger partial charge >= 0.3 is 0 Å². The van der Waals surface area contributed by atoms with E-state index in [2.05, 4.69) is 15.2 Å². The van der Waals surface area contributed by atoms with Crippen LogP contribution in [0.4, 0.5) is 5.69 Å². The minimum absolute atomic E-state index is 0.697. The second kappa shape index (κ2) is 5.16. The highest BCUT2D eigenvalue weighted by Crippen LogP contribution is 2.17. The van der Waals surface area contributed by atoms with Gasteiger partial charge in [0.25, 0.3) is 0 Å². The summed E-state index contributed by atoms with van der Waals surface area (Å²) in [6, 6.07) is 9.59. The van der Waals surface area contributed by atoms with Crippen molar-refractivity contribution >= 4 is 5.69 Å². The third-order valence-electron chi connectivity index (χ3n) is 3.20. The third-order valence-corrected chi connectivity index (χ3v) is 3.20. The molecule has 0 bridgehead atoms. The summed E-state index contributed by atoms with van der Waals surface area (Å²) in [6.45, 7) is 0.773. The second-order valence-electron chi connectivity index (χ2n) is 4.65. The normalized spacial score (nSPS) is 10.8. The Bertz CT molecular complexity index is 712. The Morgan fingerprint density at radius 1 is 1.25 bits per heavy atom. The highest BCUT2D eigenvalue weighted by molar-refractivity contribution is 5.60. The number of anilines is 1. The molecule has 0 aliphatic heterocycles. The van der Waals surface area contributed by atoms with E-state index < -0.39 is 0 Å². The van der Waals surface area contributed by atoms with Crippen LogP contribution in [0.1, 0.15) is 5.69 Å². The molecule has 0 fully saturated rings. The molecule has 0 spiro atoms. The van der Waals surface area contributed by atoms with Gasteiger partial charge in [0.15, 0.2) is 5.82 Å². The summed E-state index contributed by atoms with van der Waals surface area (Å²) in [6.07, 6.45) is 4.42. The summed E-state index contributed by atoms with van der Waals surface area (Å²) >= 11 is 0. The molecule has 0 atom stereocenters. The van der Waals surface area contributed by atoms with Gasteiger partial charge in [0.1, 0.15) is 6.33 Å². The van der Waals surface area contributed by atoms with Gasteiger partial charge in [0.2, 0.25) is 0 Å². The van der Waals surface area contributed by atoms with Crippen molar-refractivity contribution in [2.75, 3.05) is 5.73 Å². The predicted molar refractivity (Wildman–Crippen MR) is 76.8 cm³/mol. The largest absolute Gasteiger partial charge is 0.399 e. The molecule has 3 aromatic rings. The molecular formula is C14H16N6. The lowest BCUT2D eigenvalue weighted by atomic mass is 10.2. The van der Waals surface area contributed by atoms with Crippen LogP contribution in [-0.4, -0.2) is 24.5 Å². The Labute approximate surface area is 116 Å². The van der Waals surface area contributed by atoms with Gasteiger partial charge in [-0.3, -0.25) is 9.36 Å². The fourth-order valence-corrected chi connectivity index (χ4v) is 2.09.